The van der Waals surface area contributed by atoms with Crippen LogP contribution in [0.3, 0.4) is 0 Å². The average Bonchev–Trinajstić information content (AvgIpc) is 2.60. The predicted molar refractivity (Wildman–Crippen MR) is 93.9 cm³/mol. The lowest BCUT2D eigenvalue weighted by atomic mass is 10.0. The molecule has 1 aliphatic rings. The Labute approximate surface area is 139 Å². The Morgan fingerprint density at radius 1 is 1.08 bits per heavy atom. The highest BCUT2D eigenvalue weighted by atomic mass is 16.5. The summed E-state index contributed by atoms with van der Waals surface area (Å²) in [6.45, 7) is 0. The quantitative estimate of drug-likeness (QED) is 0.616. The summed E-state index contributed by atoms with van der Waals surface area (Å²) in [4.78, 5) is 21.9. The maximum atomic E-state index is 12.5. The molecule has 1 aromatic heterocycles. The van der Waals surface area contributed by atoms with E-state index in [0.717, 1.165) is 22.6 Å². The molecule has 0 saturated carbocycles. The number of aromatic amines is 1. The largest absolute Gasteiger partial charge is 0.438 e. The Morgan fingerprint density at radius 3 is 2.58 bits per heavy atom. The van der Waals surface area contributed by atoms with Crippen molar-refractivity contribution in [1.82, 2.24) is 9.97 Å². The summed E-state index contributed by atoms with van der Waals surface area (Å²) >= 11 is 0. The molecule has 120 valence electrons. The van der Waals surface area contributed by atoms with Gasteiger partial charge in [-0.2, -0.15) is 4.98 Å². The number of aromatic nitrogens is 2. The second-order valence-electron chi connectivity index (χ2n) is 6.03. The minimum atomic E-state index is -0.152. The fraction of sp³-hybridized carbons (Fsp3) is 0.158. The van der Waals surface area contributed by atoms with Crippen LogP contribution in [0.1, 0.15) is 11.1 Å². The Hall–Kier alpha value is -3.08. The van der Waals surface area contributed by atoms with Gasteiger partial charge in [0.1, 0.15) is 11.6 Å². The second-order valence-corrected chi connectivity index (χ2v) is 6.03. The van der Waals surface area contributed by atoms with Gasteiger partial charge in [0.25, 0.3) is 5.56 Å². The summed E-state index contributed by atoms with van der Waals surface area (Å²) in [7, 11) is 3.97. The van der Waals surface area contributed by atoms with Gasteiger partial charge >= 0.3 is 0 Å². The van der Waals surface area contributed by atoms with Gasteiger partial charge in [-0.05, 0) is 35.9 Å². The molecule has 5 nitrogen and oxygen atoms in total. The number of rotatable bonds is 2. The normalized spacial score (nSPS) is 12.1. The van der Waals surface area contributed by atoms with Crippen molar-refractivity contribution in [2.75, 3.05) is 19.0 Å². The van der Waals surface area contributed by atoms with Gasteiger partial charge in [0, 0.05) is 31.8 Å². The van der Waals surface area contributed by atoms with Gasteiger partial charge in [-0.25, -0.2) is 0 Å². The molecule has 2 aromatic carbocycles. The smallest absolute Gasteiger partial charge is 0.258 e. The lowest BCUT2D eigenvalue weighted by Crippen LogP contribution is -2.20. The van der Waals surface area contributed by atoms with E-state index in [9.17, 15) is 4.79 Å². The van der Waals surface area contributed by atoms with Gasteiger partial charge in [0.2, 0.25) is 5.88 Å². The number of para-hydroxylation sites is 1. The Balaban J connectivity index is 1.75. The van der Waals surface area contributed by atoms with Crippen LogP contribution in [0.15, 0.2) is 53.3 Å². The van der Waals surface area contributed by atoms with Crippen LogP contribution in [0.2, 0.25) is 0 Å². The van der Waals surface area contributed by atoms with Gasteiger partial charge in [0.05, 0.1) is 5.56 Å². The van der Waals surface area contributed by atoms with E-state index in [2.05, 4.69) is 9.97 Å². The van der Waals surface area contributed by atoms with Crippen LogP contribution in [0.5, 0.6) is 11.6 Å². The van der Waals surface area contributed by atoms with Crippen molar-refractivity contribution in [3.63, 3.8) is 0 Å². The third kappa shape index (κ3) is 2.44. The maximum Gasteiger partial charge on any atom is 0.258 e. The first-order chi connectivity index (χ1) is 11.6. The van der Waals surface area contributed by atoms with E-state index in [4.69, 9.17) is 4.74 Å². The number of fused-ring (bicyclic) bond motifs is 2. The number of anilines is 1. The van der Waals surface area contributed by atoms with Crippen molar-refractivity contribution in [3.05, 3.63) is 70.0 Å². The SMILES string of the molecule is CN(C)c1ccc(-c2nc3c(c(=O)[nH]2)Cc2ccccc2O3)cc1. The van der Waals surface area contributed by atoms with Crippen LogP contribution in [0.4, 0.5) is 5.69 Å². The molecule has 1 aliphatic heterocycles. The average molecular weight is 319 g/mol. The Bertz CT molecular complexity index is 959. The number of ether oxygens (including phenoxy) is 1. The number of H-pyrrole nitrogens is 1. The lowest BCUT2D eigenvalue weighted by Gasteiger charge is -2.19. The van der Waals surface area contributed by atoms with Crippen molar-refractivity contribution in [3.8, 4) is 23.0 Å². The zero-order valence-electron chi connectivity index (χ0n) is 13.5. The zero-order chi connectivity index (χ0) is 16.7. The monoisotopic (exact) mass is 319 g/mol. The first-order valence-electron chi connectivity index (χ1n) is 7.78. The van der Waals surface area contributed by atoms with Crippen LogP contribution >= 0.6 is 0 Å². The number of hydrogen-bond donors (Lipinski definition) is 1. The topological polar surface area (TPSA) is 58.2 Å². The number of nitrogens with zero attached hydrogens (tertiary/aromatic N) is 2. The van der Waals surface area contributed by atoms with E-state index in [1.54, 1.807) is 0 Å². The van der Waals surface area contributed by atoms with Crippen LogP contribution in [-0.4, -0.2) is 24.1 Å². The van der Waals surface area contributed by atoms with Crippen molar-refractivity contribution in [2.24, 2.45) is 0 Å². The summed E-state index contributed by atoms with van der Waals surface area (Å²) in [5.74, 6) is 1.67. The molecule has 4 rings (SSSR count). The molecule has 2 heterocycles. The van der Waals surface area contributed by atoms with Gasteiger partial charge < -0.3 is 14.6 Å². The van der Waals surface area contributed by atoms with Crippen molar-refractivity contribution in [2.45, 2.75) is 6.42 Å². The van der Waals surface area contributed by atoms with Crippen LogP contribution in [0.25, 0.3) is 11.4 Å². The maximum absolute atomic E-state index is 12.5. The molecule has 0 fully saturated rings. The Morgan fingerprint density at radius 2 is 1.83 bits per heavy atom. The molecule has 0 aliphatic carbocycles. The van der Waals surface area contributed by atoms with Crippen LogP contribution in [0, 0.1) is 0 Å². The van der Waals surface area contributed by atoms with Crippen molar-refractivity contribution >= 4 is 5.69 Å². The molecular weight excluding hydrogens is 302 g/mol. The minimum absolute atomic E-state index is 0.152. The lowest BCUT2D eigenvalue weighted by molar-refractivity contribution is 0.438. The van der Waals surface area contributed by atoms with Crippen molar-refractivity contribution in [1.29, 1.82) is 0 Å². The molecule has 0 saturated heterocycles. The summed E-state index contributed by atoms with van der Waals surface area (Å²) < 4.78 is 5.84. The van der Waals surface area contributed by atoms with E-state index < -0.39 is 0 Å². The highest BCUT2D eigenvalue weighted by Crippen LogP contribution is 2.34. The van der Waals surface area contributed by atoms with E-state index in [1.165, 1.54) is 0 Å². The summed E-state index contributed by atoms with van der Waals surface area (Å²) in [5.41, 5.74) is 3.36. The molecule has 24 heavy (non-hydrogen) atoms. The number of nitrogens with one attached hydrogen (secondary N) is 1. The Kier molecular flexibility index (Phi) is 3.34. The fourth-order valence-electron chi connectivity index (χ4n) is 2.82. The molecule has 5 heteroatoms. The minimum Gasteiger partial charge on any atom is -0.438 e. The van der Waals surface area contributed by atoms with E-state index in [-0.39, 0.29) is 5.56 Å². The molecule has 0 spiro atoms. The van der Waals surface area contributed by atoms with E-state index in [0.29, 0.717) is 23.7 Å². The summed E-state index contributed by atoms with van der Waals surface area (Å²) in [6.07, 6.45) is 0.535. The zero-order valence-corrected chi connectivity index (χ0v) is 13.5. The molecule has 3 aromatic rings. The third-order valence-corrected chi connectivity index (χ3v) is 4.18. The molecule has 1 N–H and O–H groups in total. The summed E-state index contributed by atoms with van der Waals surface area (Å²) in [5, 5.41) is 0. The number of hydrogen-bond acceptors (Lipinski definition) is 4. The van der Waals surface area contributed by atoms with E-state index in [1.807, 2.05) is 67.5 Å². The van der Waals surface area contributed by atoms with Gasteiger partial charge in [-0.1, -0.05) is 18.2 Å². The second kappa shape index (κ2) is 5.53. The molecule has 0 atom stereocenters. The molecule has 0 amide bonds. The standard InChI is InChI=1S/C19H17N3O2/c1-22(2)14-9-7-12(8-10-14)17-20-18(23)15-11-13-5-3-4-6-16(13)24-19(15)21-17/h3-10H,11H2,1-2H3,(H,20,21,23). The van der Waals surface area contributed by atoms with Gasteiger partial charge in [-0.3, -0.25) is 4.79 Å². The number of benzene rings is 2. The molecule has 0 unspecified atom stereocenters. The van der Waals surface area contributed by atoms with Crippen LogP contribution in [-0.2, 0) is 6.42 Å². The first-order valence-corrected chi connectivity index (χ1v) is 7.78. The van der Waals surface area contributed by atoms with E-state index >= 15 is 0 Å². The fourth-order valence-corrected chi connectivity index (χ4v) is 2.82. The summed E-state index contributed by atoms with van der Waals surface area (Å²) in [6, 6.07) is 15.6. The molecular formula is C19H17N3O2. The van der Waals surface area contributed by atoms with Crippen molar-refractivity contribution < 1.29 is 4.74 Å². The highest BCUT2D eigenvalue weighted by molar-refractivity contribution is 5.61. The predicted octanol–water partition coefficient (Wildman–Crippen LogP) is 3.20. The first kappa shape index (κ1) is 14.5. The van der Waals surface area contributed by atoms with Gasteiger partial charge in [0.15, 0.2) is 0 Å². The molecule has 0 bridgehead atoms. The highest BCUT2D eigenvalue weighted by Gasteiger charge is 2.22. The van der Waals surface area contributed by atoms with Gasteiger partial charge in [-0.15, -0.1) is 0 Å². The molecule has 0 radical (unpaired) electrons. The third-order valence-electron chi connectivity index (χ3n) is 4.18. The van der Waals surface area contributed by atoms with Crippen LogP contribution < -0.4 is 15.2 Å².